The third-order valence-electron chi connectivity index (χ3n) is 3.86. The van der Waals surface area contributed by atoms with Crippen LogP contribution in [-0.2, 0) is 6.54 Å². The lowest BCUT2D eigenvalue weighted by atomic mass is 10.1. The molecule has 0 aromatic heterocycles. The maximum absolute atomic E-state index is 11.9. The van der Waals surface area contributed by atoms with Crippen molar-refractivity contribution in [3.05, 3.63) is 59.7 Å². The van der Waals surface area contributed by atoms with Crippen LogP contribution in [0.15, 0.2) is 48.5 Å². The summed E-state index contributed by atoms with van der Waals surface area (Å²) in [4.78, 5) is 22.7. The molecule has 0 bridgehead atoms. The van der Waals surface area contributed by atoms with Crippen molar-refractivity contribution in [2.24, 2.45) is 5.92 Å². The van der Waals surface area contributed by atoms with Gasteiger partial charge in [-0.3, -0.25) is 0 Å². The van der Waals surface area contributed by atoms with Gasteiger partial charge in [-0.15, -0.1) is 0 Å². The normalized spacial score (nSPS) is 11.3. The predicted molar refractivity (Wildman–Crippen MR) is 101 cm³/mol. The largest absolute Gasteiger partial charge is 0.493 e. The van der Waals surface area contributed by atoms with E-state index in [9.17, 15) is 9.59 Å². The standard InChI is InChI=1S/C20H24N2O5/c1-14(13-27-18-6-4-3-5-17(18)26-2)11-21-20(25)22-12-15-7-9-16(10-8-15)19(23)24/h3-10,14H,11-13H2,1-2H3,(H,23,24)(H2,21,22,25). The lowest BCUT2D eigenvalue weighted by molar-refractivity contribution is 0.0697. The van der Waals surface area contributed by atoms with E-state index in [0.29, 0.717) is 31.2 Å². The fraction of sp³-hybridized carbons (Fsp3) is 0.300. The summed E-state index contributed by atoms with van der Waals surface area (Å²) in [5.41, 5.74) is 1.04. The van der Waals surface area contributed by atoms with Gasteiger partial charge in [0, 0.05) is 19.0 Å². The molecule has 2 aromatic carbocycles. The molecule has 144 valence electrons. The summed E-state index contributed by atoms with van der Waals surface area (Å²) in [6.07, 6.45) is 0. The zero-order valence-corrected chi connectivity index (χ0v) is 15.4. The Bertz CT molecular complexity index is 761. The molecule has 0 saturated carbocycles. The molecule has 1 unspecified atom stereocenters. The number of carbonyl (C=O) groups is 2. The maximum atomic E-state index is 11.9. The molecule has 0 spiro atoms. The third-order valence-corrected chi connectivity index (χ3v) is 3.86. The molecule has 0 aliphatic carbocycles. The Labute approximate surface area is 158 Å². The summed E-state index contributed by atoms with van der Waals surface area (Å²) < 4.78 is 11.0. The van der Waals surface area contributed by atoms with E-state index in [1.807, 2.05) is 31.2 Å². The molecule has 0 fully saturated rings. The molecule has 2 aromatic rings. The number of carboxylic acids is 1. The average Bonchev–Trinajstić information content (AvgIpc) is 2.69. The Balaban J connectivity index is 1.69. The number of aromatic carboxylic acids is 1. The number of hydrogen-bond donors (Lipinski definition) is 3. The van der Waals surface area contributed by atoms with Crippen LogP contribution in [0.3, 0.4) is 0 Å². The van der Waals surface area contributed by atoms with E-state index in [-0.39, 0.29) is 17.5 Å². The Morgan fingerprint density at radius 1 is 1.04 bits per heavy atom. The van der Waals surface area contributed by atoms with Crippen molar-refractivity contribution in [3.63, 3.8) is 0 Å². The van der Waals surface area contributed by atoms with Crippen molar-refractivity contribution in [2.75, 3.05) is 20.3 Å². The van der Waals surface area contributed by atoms with Crippen LogP contribution in [-0.4, -0.2) is 37.4 Å². The average molecular weight is 372 g/mol. The van der Waals surface area contributed by atoms with Gasteiger partial charge < -0.3 is 25.2 Å². The summed E-state index contributed by atoms with van der Waals surface area (Å²) in [6, 6.07) is 13.5. The van der Waals surface area contributed by atoms with Crippen molar-refractivity contribution < 1.29 is 24.2 Å². The molecule has 0 saturated heterocycles. The van der Waals surface area contributed by atoms with E-state index in [1.54, 1.807) is 19.2 Å². The van der Waals surface area contributed by atoms with Crippen LogP contribution < -0.4 is 20.1 Å². The van der Waals surface area contributed by atoms with E-state index in [0.717, 1.165) is 5.56 Å². The number of carbonyl (C=O) groups excluding carboxylic acids is 1. The molecule has 0 aliphatic rings. The second-order valence-electron chi connectivity index (χ2n) is 6.13. The molecule has 0 heterocycles. The number of ether oxygens (including phenoxy) is 2. The van der Waals surface area contributed by atoms with E-state index in [1.165, 1.54) is 12.1 Å². The van der Waals surface area contributed by atoms with Crippen LogP contribution in [0.4, 0.5) is 4.79 Å². The van der Waals surface area contributed by atoms with E-state index in [2.05, 4.69) is 10.6 Å². The van der Waals surface area contributed by atoms with Crippen LogP contribution in [0.1, 0.15) is 22.8 Å². The van der Waals surface area contributed by atoms with E-state index in [4.69, 9.17) is 14.6 Å². The molecule has 3 N–H and O–H groups in total. The SMILES string of the molecule is COc1ccccc1OCC(C)CNC(=O)NCc1ccc(C(=O)O)cc1. The number of benzene rings is 2. The zero-order valence-electron chi connectivity index (χ0n) is 15.4. The second kappa shape index (κ2) is 10.1. The topological polar surface area (TPSA) is 96.9 Å². The number of hydrogen-bond acceptors (Lipinski definition) is 4. The van der Waals surface area contributed by atoms with Crippen LogP contribution >= 0.6 is 0 Å². The number of nitrogens with one attached hydrogen (secondary N) is 2. The lowest BCUT2D eigenvalue weighted by Gasteiger charge is -2.16. The smallest absolute Gasteiger partial charge is 0.335 e. The minimum absolute atomic E-state index is 0.107. The Morgan fingerprint density at radius 2 is 1.70 bits per heavy atom. The van der Waals surface area contributed by atoms with Crippen molar-refractivity contribution in [1.29, 1.82) is 0 Å². The highest BCUT2D eigenvalue weighted by molar-refractivity contribution is 5.87. The van der Waals surface area contributed by atoms with E-state index < -0.39 is 5.97 Å². The first-order chi connectivity index (χ1) is 13.0. The van der Waals surface area contributed by atoms with Gasteiger partial charge in [0.2, 0.25) is 0 Å². The summed E-state index contributed by atoms with van der Waals surface area (Å²) in [6.45, 7) is 3.19. The fourth-order valence-corrected chi connectivity index (χ4v) is 2.31. The highest BCUT2D eigenvalue weighted by Gasteiger charge is 2.09. The molecule has 2 amide bonds. The Kier molecular flexibility index (Phi) is 7.49. The predicted octanol–water partition coefficient (Wildman–Crippen LogP) is 2.91. The maximum Gasteiger partial charge on any atom is 0.335 e. The molecule has 0 radical (unpaired) electrons. The number of para-hydroxylation sites is 2. The summed E-state index contributed by atoms with van der Waals surface area (Å²) in [5, 5.41) is 14.4. The van der Waals surface area contributed by atoms with Gasteiger partial charge in [-0.25, -0.2) is 9.59 Å². The number of urea groups is 1. The van der Waals surface area contributed by atoms with E-state index >= 15 is 0 Å². The third kappa shape index (κ3) is 6.54. The molecular weight excluding hydrogens is 348 g/mol. The molecule has 0 aliphatic heterocycles. The number of amides is 2. The summed E-state index contributed by atoms with van der Waals surface area (Å²) >= 11 is 0. The van der Waals surface area contributed by atoms with Gasteiger partial charge in [0.1, 0.15) is 0 Å². The quantitative estimate of drug-likeness (QED) is 0.629. The van der Waals surface area contributed by atoms with Crippen molar-refractivity contribution in [2.45, 2.75) is 13.5 Å². The highest BCUT2D eigenvalue weighted by Crippen LogP contribution is 2.26. The molecule has 27 heavy (non-hydrogen) atoms. The van der Waals surface area contributed by atoms with Crippen molar-refractivity contribution in [1.82, 2.24) is 10.6 Å². The number of methoxy groups -OCH3 is 1. The lowest BCUT2D eigenvalue weighted by Crippen LogP contribution is -2.38. The number of rotatable bonds is 9. The van der Waals surface area contributed by atoms with Crippen LogP contribution in [0.5, 0.6) is 11.5 Å². The molecule has 2 rings (SSSR count). The fourth-order valence-electron chi connectivity index (χ4n) is 2.31. The Morgan fingerprint density at radius 3 is 2.33 bits per heavy atom. The van der Waals surface area contributed by atoms with Crippen molar-refractivity contribution in [3.8, 4) is 11.5 Å². The first-order valence-electron chi connectivity index (χ1n) is 8.59. The molecule has 7 heteroatoms. The highest BCUT2D eigenvalue weighted by atomic mass is 16.5. The van der Waals surface area contributed by atoms with Gasteiger partial charge in [0.25, 0.3) is 0 Å². The molecule has 7 nitrogen and oxygen atoms in total. The first kappa shape index (κ1) is 20.1. The minimum atomic E-state index is -0.975. The second-order valence-corrected chi connectivity index (χ2v) is 6.13. The zero-order chi connectivity index (χ0) is 19.6. The first-order valence-corrected chi connectivity index (χ1v) is 8.59. The Hall–Kier alpha value is -3.22. The number of carboxylic acid groups (broad SMARTS) is 1. The minimum Gasteiger partial charge on any atom is -0.493 e. The molecular formula is C20H24N2O5. The summed E-state index contributed by atoms with van der Waals surface area (Å²) in [5.74, 6) is 0.470. The monoisotopic (exact) mass is 372 g/mol. The van der Waals surface area contributed by atoms with Gasteiger partial charge >= 0.3 is 12.0 Å². The van der Waals surface area contributed by atoms with Crippen LogP contribution in [0.25, 0.3) is 0 Å². The van der Waals surface area contributed by atoms with Gasteiger partial charge in [0.15, 0.2) is 11.5 Å². The van der Waals surface area contributed by atoms with Crippen LogP contribution in [0, 0.1) is 5.92 Å². The van der Waals surface area contributed by atoms with Gasteiger partial charge in [-0.05, 0) is 29.8 Å². The van der Waals surface area contributed by atoms with Gasteiger partial charge in [0.05, 0.1) is 19.3 Å². The molecule has 1 atom stereocenters. The summed E-state index contributed by atoms with van der Waals surface area (Å²) in [7, 11) is 1.59. The van der Waals surface area contributed by atoms with Crippen LogP contribution in [0.2, 0.25) is 0 Å². The van der Waals surface area contributed by atoms with Crippen molar-refractivity contribution >= 4 is 12.0 Å². The van der Waals surface area contributed by atoms with Gasteiger partial charge in [-0.2, -0.15) is 0 Å². The van der Waals surface area contributed by atoms with Gasteiger partial charge in [-0.1, -0.05) is 31.2 Å².